The van der Waals surface area contributed by atoms with Gasteiger partial charge in [-0.05, 0) is 69.2 Å². The van der Waals surface area contributed by atoms with Gasteiger partial charge in [0.1, 0.15) is 6.61 Å². The molecule has 2 amide bonds. The monoisotopic (exact) mass is 534 g/mol. The summed E-state index contributed by atoms with van der Waals surface area (Å²) in [7, 11) is 0. The average Bonchev–Trinajstić information content (AvgIpc) is 3.59. The number of fused-ring (bicyclic) bond motifs is 3. The van der Waals surface area contributed by atoms with Crippen molar-refractivity contribution < 1.29 is 24.2 Å². The van der Waals surface area contributed by atoms with E-state index < -0.39 is 17.5 Å². The first-order valence-corrected chi connectivity index (χ1v) is 12.1. The standard InChI is InChI=1S/C27H23BrN2O5/c28-23-10-9-16(13-21(23)24(31)32)30-25(33)27(11-12-27)15-29-26(34)35-14-22-19-7-3-1-5-17(19)18-6-2-4-8-20(18)22/h1-10,13,22H,11-12,14-15H2,(H,29,34)(H,30,33)(H,31,32). The molecule has 7 nitrogen and oxygen atoms in total. The number of ether oxygens (including phenoxy) is 1. The lowest BCUT2D eigenvalue weighted by atomic mass is 9.98. The van der Waals surface area contributed by atoms with E-state index in [0.717, 1.165) is 22.3 Å². The van der Waals surface area contributed by atoms with Crippen molar-refractivity contribution in [2.45, 2.75) is 18.8 Å². The largest absolute Gasteiger partial charge is 0.478 e. The molecule has 3 aromatic rings. The number of alkyl carbamates (subject to hydrolysis) is 1. The summed E-state index contributed by atoms with van der Waals surface area (Å²) in [5.74, 6) is -1.38. The third-order valence-corrected chi connectivity index (χ3v) is 7.40. The van der Waals surface area contributed by atoms with E-state index in [1.165, 1.54) is 6.07 Å². The van der Waals surface area contributed by atoms with Gasteiger partial charge in [0.25, 0.3) is 0 Å². The van der Waals surface area contributed by atoms with Crippen molar-refractivity contribution in [3.05, 3.63) is 87.9 Å². The topological polar surface area (TPSA) is 105 Å². The molecule has 2 aliphatic carbocycles. The smallest absolute Gasteiger partial charge is 0.407 e. The van der Waals surface area contributed by atoms with Crippen molar-refractivity contribution in [2.24, 2.45) is 5.41 Å². The van der Waals surface area contributed by atoms with E-state index in [-0.39, 0.29) is 30.5 Å². The highest BCUT2D eigenvalue weighted by Crippen LogP contribution is 2.46. The second-order valence-electron chi connectivity index (χ2n) is 8.91. The Hall–Kier alpha value is -3.65. The molecule has 0 spiro atoms. The molecule has 35 heavy (non-hydrogen) atoms. The Kier molecular flexibility index (Phi) is 6.06. The molecule has 0 saturated heterocycles. The molecule has 0 heterocycles. The minimum atomic E-state index is -1.09. The number of aromatic carboxylic acids is 1. The van der Waals surface area contributed by atoms with Crippen molar-refractivity contribution in [3.63, 3.8) is 0 Å². The van der Waals surface area contributed by atoms with Crippen LogP contribution in [0.5, 0.6) is 0 Å². The molecule has 0 unspecified atom stereocenters. The molecule has 0 aromatic heterocycles. The lowest BCUT2D eigenvalue weighted by Crippen LogP contribution is -2.37. The molecule has 2 aliphatic rings. The number of anilines is 1. The second-order valence-corrected chi connectivity index (χ2v) is 9.77. The van der Waals surface area contributed by atoms with Crippen LogP contribution in [-0.2, 0) is 9.53 Å². The van der Waals surface area contributed by atoms with Crippen molar-refractivity contribution in [1.82, 2.24) is 5.32 Å². The van der Waals surface area contributed by atoms with Gasteiger partial charge >= 0.3 is 12.1 Å². The van der Waals surface area contributed by atoms with Crippen LogP contribution in [0.4, 0.5) is 10.5 Å². The minimum absolute atomic E-state index is 0.0350. The van der Waals surface area contributed by atoms with Crippen LogP contribution in [0.25, 0.3) is 11.1 Å². The lowest BCUT2D eigenvalue weighted by molar-refractivity contribution is -0.120. The number of amides is 2. The third kappa shape index (κ3) is 4.53. The molecule has 3 aromatic carbocycles. The molecule has 0 aliphatic heterocycles. The highest BCUT2D eigenvalue weighted by atomic mass is 79.9. The number of nitrogens with one attached hydrogen (secondary N) is 2. The fraction of sp³-hybridized carbons (Fsp3) is 0.222. The first-order chi connectivity index (χ1) is 16.9. The summed E-state index contributed by atoms with van der Waals surface area (Å²) < 4.78 is 6.00. The van der Waals surface area contributed by atoms with Crippen LogP contribution in [0.3, 0.4) is 0 Å². The molecule has 1 fully saturated rings. The zero-order valence-corrected chi connectivity index (χ0v) is 20.3. The van der Waals surface area contributed by atoms with E-state index in [9.17, 15) is 19.5 Å². The van der Waals surface area contributed by atoms with Gasteiger partial charge in [-0.25, -0.2) is 9.59 Å². The number of carboxylic acid groups (broad SMARTS) is 1. The van der Waals surface area contributed by atoms with Gasteiger partial charge < -0.3 is 20.5 Å². The Balaban J connectivity index is 1.18. The van der Waals surface area contributed by atoms with Crippen LogP contribution < -0.4 is 10.6 Å². The molecule has 0 atom stereocenters. The van der Waals surface area contributed by atoms with Gasteiger partial charge in [-0.3, -0.25) is 4.79 Å². The van der Waals surface area contributed by atoms with Crippen LogP contribution in [0.15, 0.2) is 71.2 Å². The molecule has 5 rings (SSSR count). The molecular formula is C27H23BrN2O5. The summed E-state index contributed by atoms with van der Waals surface area (Å²) in [6.45, 7) is 0.355. The Bertz CT molecular complexity index is 1290. The van der Waals surface area contributed by atoms with Crippen molar-refractivity contribution in [2.75, 3.05) is 18.5 Å². The number of hydrogen-bond donors (Lipinski definition) is 3. The molecule has 0 radical (unpaired) electrons. The fourth-order valence-corrected chi connectivity index (χ4v) is 4.97. The van der Waals surface area contributed by atoms with Gasteiger partial charge in [0, 0.05) is 22.6 Å². The first-order valence-electron chi connectivity index (χ1n) is 11.3. The van der Waals surface area contributed by atoms with E-state index in [1.807, 2.05) is 24.3 Å². The van der Waals surface area contributed by atoms with Gasteiger partial charge in [-0.15, -0.1) is 0 Å². The minimum Gasteiger partial charge on any atom is -0.478 e. The van der Waals surface area contributed by atoms with Crippen molar-refractivity contribution >= 4 is 39.6 Å². The Morgan fingerprint density at radius 1 is 0.971 bits per heavy atom. The van der Waals surface area contributed by atoms with Gasteiger partial charge in [-0.1, -0.05) is 48.5 Å². The molecule has 178 valence electrons. The van der Waals surface area contributed by atoms with E-state index in [4.69, 9.17) is 4.74 Å². The lowest BCUT2D eigenvalue weighted by Gasteiger charge is -2.18. The van der Waals surface area contributed by atoms with Crippen LogP contribution in [-0.4, -0.2) is 36.2 Å². The Labute approximate surface area is 210 Å². The predicted octanol–water partition coefficient (Wildman–Crippen LogP) is 5.40. The second kappa shape index (κ2) is 9.19. The molecular weight excluding hydrogens is 512 g/mol. The van der Waals surface area contributed by atoms with Crippen LogP contribution in [0, 0.1) is 5.41 Å². The fourth-order valence-electron chi connectivity index (χ4n) is 4.56. The number of carbonyl (C=O) groups is 3. The van der Waals surface area contributed by atoms with Crippen LogP contribution >= 0.6 is 15.9 Å². The summed E-state index contributed by atoms with van der Waals surface area (Å²) in [6, 6.07) is 20.9. The maximum absolute atomic E-state index is 12.9. The third-order valence-electron chi connectivity index (χ3n) is 6.70. The Morgan fingerprint density at radius 3 is 2.20 bits per heavy atom. The summed E-state index contributed by atoms with van der Waals surface area (Å²) in [5, 5.41) is 14.8. The zero-order chi connectivity index (χ0) is 24.6. The van der Waals surface area contributed by atoms with Gasteiger partial charge in [0.2, 0.25) is 5.91 Å². The number of halogens is 1. The number of rotatable bonds is 7. The van der Waals surface area contributed by atoms with E-state index in [0.29, 0.717) is 23.0 Å². The normalized spacial score (nSPS) is 15.0. The number of hydrogen-bond acceptors (Lipinski definition) is 4. The maximum Gasteiger partial charge on any atom is 0.407 e. The summed E-state index contributed by atoms with van der Waals surface area (Å²) in [5.41, 5.74) is 4.31. The van der Waals surface area contributed by atoms with E-state index in [1.54, 1.807) is 12.1 Å². The molecule has 0 bridgehead atoms. The van der Waals surface area contributed by atoms with Crippen LogP contribution in [0.1, 0.15) is 40.2 Å². The summed E-state index contributed by atoms with van der Waals surface area (Å²) in [6.07, 6.45) is 0.693. The quantitative estimate of drug-likeness (QED) is 0.376. The molecule has 3 N–H and O–H groups in total. The highest BCUT2D eigenvalue weighted by molar-refractivity contribution is 9.10. The Morgan fingerprint density at radius 2 is 1.60 bits per heavy atom. The molecule has 8 heteroatoms. The molecule has 1 saturated carbocycles. The predicted molar refractivity (Wildman–Crippen MR) is 134 cm³/mol. The number of benzene rings is 3. The van der Waals surface area contributed by atoms with Gasteiger partial charge in [0.05, 0.1) is 11.0 Å². The maximum atomic E-state index is 12.9. The van der Waals surface area contributed by atoms with E-state index >= 15 is 0 Å². The van der Waals surface area contributed by atoms with Crippen molar-refractivity contribution in [1.29, 1.82) is 0 Å². The zero-order valence-electron chi connectivity index (χ0n) is 18.7. The van der Waals surface area contributed by atoms with Gasteiger partial charge in [-0.2, -0.15) is 0 Å². The van der Waals surface area contributed by atoms with Gasteiger partial charge in [0.15, 0.2) is 0 Å². The SMILES string of the molecule is O=C(NCC1(C(=O)Nc2ccc(Br)c(C(=O)O)c2)CC1)OCC1c2ccccc2-c2ccccc21. The number of carbonyl (C=O) groups excluding carboxylic acids is 2. The van der Waals surface area contributed by atoms with E-state index in [2.05, 4.69) is 50.8 Å². The average molecular weight is 535 g/mol. The summed E-state index contributed by atoms with van der Waals surface area (Å²) in [4.78, 5) is 36.7. The highest BCUT2D eigenvalue weighted by Gasteiger charge is 2.50. The van der Waals surface area contributed by atoms with Crippen molar-refractivity contribution in [3.8, 4) is 11.1 Å². The number of carboxylic acids is 1. The first kappa shape index (κ1) is 23.1. The van der Waals surface area contributed by atoms with Crippen LogP contribution in [0.2, 0.25) is 0 Å². The summed E-state index contributed by atoms with van der Waals surface area (Å²) >= 11 is 3.19.